The first kappa shape index (κ1) is 11.1. The van der Waals surface area contributed by atoms with Crippen LogP contribution in [0.3, 0.4) is 0 Å². The van der Waals surface area contributed by atoms with Crippen molar-refractivity contribution in [1.82, 2.24) is 5.10 Å². The molecule has 1 aromatic heterocycles. The molecule has 68 valence electrons. The molecule has 0 saturated carbocycles. The summed E-state index contributed by atoms with van der Waals surface area (Å²) < 4.78 is 47.6. The van der Waals surface area contributed by atoms with Gasteiger partial charge < -0.3 is 12.4 Å². The molecule has 0 aliphatic heterocycles. The number of nitrogens with one attached hydrogen (secondary N) is 1. The van der Waals surface area contributed by atoms with E-state index in [1.165, 1.54) is 0 Å². The summed E-state index contributed by atoms with van der Waals surface area (Å²) in [4.78, 5) is 0. The Bertz CT molecular complexity index is 262. The predicted molar refractivity (Wildman–Crippen MR) is 25.8 cm³/mol. The third kappa shape index (κ3) is 2.30. The van der Waals surface area contributed by atoms with Crippen molar-refractivity contribution in [2.45, 2.75) is 6.18 Å². The van der Waals surface area contributed by atoms with E-state index in [9.17, 15) is 17.6 Å². The van der Waals surface area contributed by atoms with E-state index in [1.54, 1.807) is 0 Å². The molecule has 0 fully saturated rings. The first-order valence-corrected chi connectivity index (χ1v) is 2.60. The highest BCUT2D eigenvalue weighted by Gasteiger charge is 2.36. The van der Waals surface area contributed by atoms with Crippen LogP contribution in [0.15, 0.2) is 12.4 Å². The van der Waals surface area contributed by atoms with E-state index in [1.807, 2.05) is 5.10 Å². The molecule has 1 rings (SSSR count). The van der Waals surface area contributed by atoms with Crippen molar-refractivity contribution < 1.29 is 35.1 Å². The van der Waals surface area contributed by atoms with Crippen LogP contribution in [-0.2, 0) is 6.18 Å². The molecular formula is C5H3ClF4N2. The van der Waals surface area contributed by atoms with Crippen LogP contribution in [-0.4, -0.2) is 5.10 Å². The molecule has 0 radical (unpaired) electrons. The van der Waals surface area contributed by atoms with Gasteiger partial charge in [-0.15, -0.1) is 5.10 Å². The topological polar surface area (TPSA) is 27.0 Å². The lowest BCUT2D eigenvalue weighted by Crippen LogP contribution is -3.00. The Labute approximate surface area is 71.0 Å². The molecule has 1 heterocycles. The second kappa shape index (κ2) is 3.66. The van der Waals surface area contributed by atoms with Gasteiger partial charge in [-0.3, -0.25) is 0 Å². The highest BCUT2D eigenvalue weighted by atomic mass is 35.5. The maximum absolute atomic E-state index is 12.3. The molecule has 1 aromatic rings. The van der Waals surface area contributed by atoms with Crippen molar-refractivity contribution in [2.75, 3.05) is 0 Å². The molecule has 0 aliphatic rings. The summed E-state index contributed by atoms with van der Waals surface area (Å²) in [6, 6.07) is 0. The summed E-state index contributed by atoms with van der Waals surface area (Å²) in [6.07, 6.45) is -3.72. The van der Waals surface area contributed by atoms with Crippen molar-refractivity contribution in [3.63, 3.8) is 0 Å². The van der Waals surface area contributed by atoms with Gasteiger partial charge >= 0.3 is 6.18 Å². The van der Waals surface area contributed by atoms with Crippen LogP contribution in [0.2, 0.25) is 0 Å². The fourth-order valence-electron chi connectivity index (χ4n) is 0.551. The number of alkyl halides is 3. The molecule has 0 aliphatic carbocycles. The maximum Gasteiger partial charge on any atom is 0.425 e. The van der Waals surface area contributed by atoms with Crippen LogP contribution >= 0.6 is 0 Å². The van der Waals surface area contributed by atoms with Crippen molar-refractivity contribution in [3.05, 3.63) is 23.8 Å². The Hall–Kier alpha value is -0.910. The number of hydrogen-bond donors (Lipinski definition) is 0. The van der Waals surface area contributed by atoms with Crippen molar-refractivity contribution in [3.8, 4) is 0 Å². The van der Waals surface area contributed by atoms with Crippen LogP contribution in [0.5, 0.6) is 0 Å². The van der Waals surface area contributed by atoms with Crippen LogP contribution < -0.4 is 17.5 Å². The molecule has 0 aromatic carbocycles. The van der Waals surface area contributed by atoms with E-state index in [0.29, 0.717) is 12.4 Å². The van der Waals surface area contributed by atoms with Gasteiger partial charge in [0.05, 0.1) is 0 Å². The molecule has 0 spiro atoms. The van der Waals surface area contributed by atoms with E-state index in [-0.39, 0.29) is 12.4 Å². The fraction of sp³-hybridized carbons (Fsp3) is 0.200. The Kier molecular flexibility index (Phi) is 3.38. The lowest BCUT2D eigenvalue weighted by atomic mass is 10.3. The Morgan fingerprint density at radius 2 is 1.92 bits per heavy atom. The first-order valence-electron chi connectivity index (χ1n) is 2.60. The summed E-state index contributed by atoms with van der Waals surface area (Å²) in [5, 5.41) is 4.96. The molecule has 1 N–H and O–H groups in total. The van der Waals surface area contributed by atoms with E-state index < -0.39 is 17.6 Å². The molecule has 2 nitrogen and oxygen atoms in total. The second-order valence-corrected chi connectivity index (χ2v) is 1.79. The zero-order chi connectivity index (χ0) is 8.48. The largest absolute Gasteiger partial charge is 1.00 e. The molecule has 7 heteroatoms. The minimum atomic E-state index is -4.66. The van der Waals surface area contributed by atoms with Crippen molar-refractivity contribution in [2.24, 2.45) is 0 Å². The number of aromatic amines is 1. The smallest absolute Gasteiger partial charge is 0.425 e. The van der Waals surface area contributed by atoms with Gasteiger partial charge in [0.25, 0.3) is 0 Å². The second-order valence-electron chi connectivity index (χ2n) is 1.79. The van der Waals surface area contributed by atoms with Crippen LogP contribution in [0.1, 0.15) is 5.56 Å². The highest BCUT2D eigenvalue weighted by Crippen LogP contribution is 2.29. The van der Waals surface area contributed by atoms with Gasteiger partial charge in [0.2, 0.25) is 6.20 Å². The fourth-order valence-corrected chi connectivity index (χ4v) is 0.551. The zero-order valence-corrected chi connectivity index (χ0v) is 6.25. The normalized spacial score (nSPS) is 10.7. The SMILES string of the molecule is Fc1cn[nH+]cc1C(F)(F)F.[Cl-]. The van der Waals surface area contributed by atoms with Gasteiger partial charge in [-0.2, -0.15) is 13.2 Å². The predicted octanol–water partition coefficient (Wildman–Crippen LogP) is -1.94. The molecule has 0 bridgehead atoms. The van der Waals surface area contributed by atoms with Crippen LogP contribution in [0, 0.1) is 5.82 Å². The zero-order valence-electron chi connectivity index (χ0n) is 5.49. The lowest BCUT2D eigenvalue weighted by Gasteiger charge is -2.02. The highest BCUT2D eigenvalue weighted by molar-refractivity contribution is 5.10. The monoisotopic (exact) mass is 202 g/mol. The minimum absolute atomic E-state index is 0. The number of halogens is 5. The lowest BCUT2D eigenvalue weighted by molar-refractivity contribution is -0.458. The van der Waals surface area contributed by atoms with Crippen molar-refractivity contribution in [1.29, 1.82) is 0 Å². The van der Waals surface area contributed by atoms with Crippen molar-refractivity contribution >= 4 is 0 Å². The van der Waals surface area contributed by atoms with E-state index >= 15 is 0 Å². The van der Waals surface area contributed by atoms with Crippen LogP contribution in [0.25, 0.3) is 0 Å². The van der Waals surface area contributed by atoms with Crippen LogP contribution in [0.4, 0.5) is 17.6 Å². The molecule has 0 saturated heterocycles. The summed E-state index contributed by atoms with van der Waals surface area (Å²) in [6.45, 7) is 0. The van der Waals surface area contributed by atoms with Gasteiger partial charge in [0.15, 0.2) is 11.4 Å². The van der Waals surface area contributed by atoms with E-state index in [2.05, 4.69) is 5.10 Å². The molecule has 0 unspecified atom stereocenters. The standard InChI is InChI=1S/C5H2F4N2.ClH/c6-4-2-11-10-1-3(4)5(7,8)9;/h1-2H;1H. The van der Waals surface area contributed by atoms with Gasteiger partial charge in [-0.1, -0.05) is 0 Å². The third-order valence-electron chi connectivity index (χ3n) is 1.02. The third-order valence-corrected chi connectivity index (χ3v) is 1.02. The summed E-state index contributed by atoms with van der Waals surface area (Å²) in [5.74, 6) is -1.38. The number of H-pyrrole nitrogens is 1. The van der Waals surface area contributed by atoms with Gasteiger partial charge in [-0.25, -0.2) is 4.39 Å². The van der Waals surface area contributed by atoms with Gasteiger partial charge in [-0.05, 0) is 5.10 Å². The van der Waals surface area contributed by atoms with E-state index in [0.717, 1.165) is 0 Å². The maximum atomic E-state index is 12.3. The summed E-state index contributed by atoms with van der Waals surface area (Å²) in [7, 11) is 0. The van der Waals surface area contributed by atoms with Gasteiger partial charge in [0, 0.05) is 0 Å². The molecule has 0 atom stereocenters. The average molecular weight is 203 g/mol. The average Bonchev–Trinajstić information content (AvgIpc) is 1.86. The Morgan fingerprint density at radius 3 is 2.25 bits per heavy atom. The number of nitrogens with zero attached hydrogens (tertiary/aromatic N) is 1. The number of hydrogen-bond acceptors (Lipinski definition) is 1. The quantitative estimate of drug-likeness (QED) is 0.450. The van der Waals surface area contributed by atoms with E-state index in [4.69, 9.17) is 0 Å². The minimum Gasteiger partial charge on any atom is -1.00 e. The Balaban J connectivity index is 0.00000121. The first-order chi connectivity index (χ1) is 5.02. The molecular weight excluding hydrogens is 200 g/mol. The molecule has 12 heavy (non-hydrogen) atoms. The van der Waals surface area contributed by atoms with Gasteiger partial charge in [0.1, 0.15) is 6.20 Å². The summed E-state index contributed by atoms with van der Waals surface area (Å²) >= 11 is 0. The number of aromatic nitrogens is 2. The summed E-state index contributed by atoms with van der Waals surface area (Å²) in [5.41, 5.74) is -1.34. The molecule has 0 amide bonds. The Morgan fingerprint density at radius 1 is 1.33 bits per heavy atom. The number of rotatable bonds is 0.